The number of hydrogen-bond donors (Lipinski definition) is 2. The standard InChI is InChI=1S/C27H30N4S/c28-21-8-6-7-20(19-21)26-24-12-5-4-11-23(24)25(27(32)29-26)13-14-30-15-17-31(18-16-30)22-9-2-1-3-10-22/h1-12,19,25-26H,13-18,28H2,(H,29,32). The highest BCUT2D eigenvalue weighted by molar-refractivity contribution is 7.80. The maximum Gasteiger partial charge on any atom is 0.0837 e. The molecule has 5 heteroatoms. The Balaban J connectivity index is 1.26. The molecule has 1 saturated heterocycles. The lowest BCUT2D eigenvalue weighted by atomic mass is 9.82. The summed E-state index contributed by atoms with van der Waals surface area (Å²) >= 11 is 5.89. The van der Waals surface area contributed by atoms with Crippen molar-refractivity contribution >= 4 is 28.6 Å². The predicted molar refractivity (Wildman–Crippen MR) is 137 cm³/mol. The molecule has 32 heavy (non-hydrogen) atoms. The minimum atomic E-state index is 0.0628. The Labute approximate surface area is 196 Å². The number of piperazine rings is 1. The molecule has 0 saturated carbocycles. The van der Waals surface area contributed by atoms with Gasteiger partial charge in [-0.3, -0.25) is 4.90 Å². The van der Waals surface area contributed by atoms with Gasteiger partial charge in [0.05, 0.1) is 11.0 Å². The van der Waals surface area contributed by atoms with Crippen LogP contribution in [0.2, 0.25) is 0 Å². The van der Waals surface area contributed by atoms with Crippen LogP contribution >= 0.6 is 12.2 Å². The van der Waals surface area contributed by atoms with E-state index in [4.69, 9.17) is 18.0 Å². The molecular formula is C27H30N4S. The van der Waals surface area contributed by atoms with Gasteiger partial charge < -0.3 is 16.0 Å². The average Bonchev–Trinajstić information content (AvgIpc) is 2.84. The van der Waals surface area contributed by atoms with Crippen molar-refractivity contribution in [3.05, 3.63) is 95.6 Å². The number of rotatable bonds is 5. The van der Waals surface area contributed by atoms with Crippen molar-refractivity contribution < 1.29 is 0 Å². The fourth-order valence-electron chi connectivity index (χ4n) is 5.02. The van der Waals surface area contributed by atoms with Crippen molar-refractivity contribution in [2.24, 2.45) is 0 Å². The maximum absolute atomic E-state index is 6.05. The Bertz CT molecular complexity index is 1080. The van der Waals surface area contributed by atoms with Gasteiger partial charge in [0.1, 0.15) is 0 Å². The van der Waals surface area contributed by atoms with Gasteiger partial charge in [-0.1, -0.05) is 66.8 Å². The first-order valence-corrected chi connectivity index (χ1v) is 11.9. The molecular weight excluding hydrogens is 412 g/mol. The maximum atomic E-state index is 6.05. The van der Waals surface area contributed by atoms with Gasteiger partial charge in [-0.2, -0.15) is 0 Å². The number of nitrogen functional groups attached to an aromatic ring is 1. The summed E-state index contributed by atoms with van der Waals surface area (Å²) in [4.78, 5) is 6.00. The normalized spacial score (nSPS) is 21.1. The van der Waals surface area contributed by atoms with Crippen LogP contribution in [-0.4, -0.2) is 42.6 Å². The van der Waals surface area contributed by atoms with E-state index in [1.165, 1.54) is 16.8 Å². The first kappa shape index (κ1) is 21.0. The van der Waals surface area contributed by atoms with Gasteiger partial charge in [0, 0.05) is 43.5 Å². The van der Waals surface area contributed by atoms with Crippen molar-refractivity contribution in [2.45, 2.75) is 18.4 Å². The molecule has 2 atom stereocenters. The van der Waals surface area contributed by atoms with E-state index in [-0.39, 0.29) is 12.0 Å². The van der Waals surface area contributed by atoms with Gasteiger partial charge >= 0.3 is 0 Å². The van der Waals surface area contributed by atoms with E-state index < -0.39 is 0 Å². The molecule has 2 unspecified atom stereocenters. The highest BCUT2D eigenvalue weighted by Gasteiger charge is 2.31. The lowest BCUT2D eigenvalue weighted by molar-refractivity contribution is 0.252. The van der Waals surface area contributed by atoms with Gasteiger partial charge in [-0.05, 0) is 53.9 Å². The predicted octanol–water partition coefficient (Wildman–Crippen LogP) is 4.58. The van der Waals surface area contributed by atoms with Crippen molar-refractivity contribution in [3.63, 3.8) is 0 Å². The van der Waals surface area contributed by atoms with E-state index in [1.54, 1.807) is 0 Å². The summed E-state index contributed by atoms with van der Waals surface area (Å²) in [5.41, 5.74) is 12.0. The summed E-state index contributed by atoms with van der Waals surface area (Å²) in [7, 11) is 0. The number of hydrogen-bond acceptors (Lipinski definition) is 4. The molecule has 5 rings (SSSR count). The third-order valence-corrected chi connectivity index (χ3v) is 7.16. The minimum absolute atomic E-state index is 0.0628. The summed E-state index contributed by atoms with van der Waals surface area (Å²) in [5, 5.41) is 3.63. The van der Waals surface area contributed by atoms with E-state index in [0.29, 0.717) is 0 Å². The molecule has 0 aromatic heterocycles. The van der Waals surface area contributed by atoms with Crippen molar-refractivity contribution in [1.82, 2.24) is 10.2 Å². The van der Waals surface area contributed by atoms with Gasteiger partial charge in [-0.15, -0.1) is 0 Å². The van der Waals surface area contributed by atoms with Crippen LogP contribution in [0.5, 0.6) is 0 Å². The first-order valence-electron chi connectivity index (χ1n) is 11.5. The van der Waals surface area contributed by atoms with Gasteiger partial charge in [0.15, 0.2) is 0 Å². The topological polar surface area (TPSA) is 44.5 Å². The molecule has 4 nitrogen and oxygen atoms in total. The second kappa shape index (κ2) is 9.31. The summed E-state index contributed by atoms with van der Waals surface area (Å²) in [6.07, 6.45) is 1.04. The zero-order valence-corrected chi connectivity index (χ0v) is 19.1. The van der Waals surface area contributed by atoms with Gasteiger partial charge in [-0.25, -0.2) is 0 Å². The summed E-state index contributed by atoms with van der Waals surface area (Å²) in [6.45, 7) is 5.40. The monoisotopic (exact) mass is 442 g/mol. The summed E-state index contributed by atoms with van der Waals surface area (Å²) < 4.78 is 0. The molecule has 0 bridgehead atoms. The Kier molecular flexibility index (Phi) is 6.10. The molecule has 2 aliphatic rings. The molecule has 0 radical (unpaired) electrons. The van der Waals surface area contributed by atoms with E-state index >= 15 is 0 Å². The number of fused-ring (bicyclic) bond motifs is 1. The highest BCUT2D eigenvalue weighted by Crippen LogP contribution is 2.37. The number of nitrogens with two attached hydrogens (primary N) is 1. The zero-order valence-electron chi connectivity index (χ0n) is 18.3. The molecule has 0 aliphatic carbocycles. The molecule has 3 N–H and O–H groups in total. The minimum Gasteiger partial charge on any atom is -0.399 e. The van der Waals surface area contributed by atoms with Gasteiger partial charge in [0.2, 0.25) is 0 Å². The number of nitrogens with zero attached hydrogens (tertiary/aromatic N) is 2. The second-order valence-corrected chi connectivity index (χ2v) is 9.19. The Hall–Kier alpha value is -2.89. The third-order valence-electron chi connectivity index (χ3n) is 6.76. The van der Waals surface area contributed by atoms with Crippen LogP contribution in [0.25, 0.3) is 0 Å². The molecule has 3 aromatic carbocycles. The fraction of sp³-hybridized carbons (Fsp3) is 0.296. The van der Waals surface area contributed by atoms with E-state index in [2.05, 4.69) is 75.8 Å². The number of para-hydroxylation sites is 1. The lowest BCUT2D eigenvalue weighted by Gasteiger charge is -2.38. The SMILES string of the molecule is Nc1cccc(C2NC(=S)C(CCN3CCN(c4ccccc4)CC3)c3ccccc32)c1. The average molecular weight is 443 g/mol. The van der Waals surface area contributed by atoms with Crippen LogP contribution in [0.3, 0.4) is 0 Å². The lowest BCUT2D eigenvalue weighted by Crippen LogP contribution is -2.47. The number of nitrogens with one attached hydrogen (secondary N) is 1. The van der Waals surface area contributed by atoms with E-state index in [0.717, 1.165) is 55.4 Å². The molecule has 1 fully saturated rings. The first-order chi connectivity index (χ1) is 15.7. The molecule has 2 heterocycles. The smallest absolute Gasteiger partial charge is 0.0837 e. The van der Waals surface area contributed by atoms with E-state index in [1.807, 2.05) is 18.2 Å². The molecule has 164 valence electrons. The largest absolute Gasteiger partial charge is 0.399 e. The van der Waals surface area contributed by atoms with Crippen molar-refractivity contribution in [2.75, 3.05) is 43.4 Å². The molecule has 2 aliphatic heterocycles. The quantitative estimate of drug-likeness (QED) is 0.447. The van der Waals surface area contributed by atoms with E-state index in [9.17, 15) is 0 Å². The summed E-state index contributed by atoms with van der Waals surface area (Å²) in [6, 6.07) is 27.6. The van der Waals surface area contributed by atoms with Crippen LogP contribution in [0.1, 0.15) is 35.1 Å². The second-order valence-electron chi connectivity index (χ2n) is 8.75. The Morgan fingerprint density at radius 3 is 2.31 bits per heavy atom. The van der Waals surface area contributed by atoms with Crippen LogP contribution in [-0.2, 0) is 0 Å². The van der Waals surface area contributed by atoms with Crippen LogP contribution in [0.15, 0.2) is 78.9 Å². The number of benzene rings is 3. The fourth-order valence-corrected chi connectivity index (χ4v) is 5.38. The Morgan fingerprint density at radius 2 is 1.56 bits per heavy atom. The van der Waals surface area contributed by atoms with Crippen LogP contribution in [0, 0.1) is 0 Å². The van der Waals surface area contributed by atoms with Crippen LogP contribution < -0.4 is 16.0 Å². The number of thiocarbonyl (C=S) groups is 1. The Morgan fingerprint density at radius 1 is 0.844 bits per heavy atom. The molecule has 0 amide bonds. The molecule has 3 aromatic rings. The molecule has 0 spiro atoms. The zero-order chi connectivity index (χ0) is 21.9. The van der Waals surface area contributed by atoms with Crippen LogP contribution in [0.4, 0.5) is 11.4 Å². The number of anilines is 2. The summed E-state index contributed by atoms with van der Waals surface area (Å²) in [5.74, 6) is 0.255. The van der Waals surface area contributed by atoms with Crippen molar-refractivity contribution in [1.29, 1.82) is 0 Å². The van der Waals surface area contributed by atoms with Crippen molar-refractivity contribution in [3.8, 4) is 0 Å². The highest BCUT2D eigenvalue weighted by atomic mass is 32.1. The third kappa shape index (κ3) is 4.36. The van der Waals surface area contributed by atoms with Gasteiger partial charge in [0.25, 0.3) is 0 Å².